The molecular weight excluding hydrogens is 296 g/mol. The first-order valence-corrected chi connectivity index (χ1v) is 8.81. The van der Waals surface area contributed by atoms with Gasteiger partial charge in [-0.1, -0.05) is 20.8 Å². The molecule has 0 spiro atoms. The highest BCUT2D eigenvalue weighted by atomic mass is 32.2. The lowest BCUT2D eigenvalue weighted by molar-refractivity contribution is -0.146. The first kappa shape index (κ1) is 17.9. The maximum absolute atomic E-state index is 12.6. The highest BCUT2D eigenvalue weighted by molar-refractivity contribution is 7.89. The van der Waals surface area contributed by atoms with Gasteiger partial charge in [0, 0.05) is 13.1 Å². The van der Waals surface area contributed by atoms with E-state index in [1.807, 2.05) is 6.92 Å². The van der Waals surface area contributed by atoms with Gasteiger partial charge in [0.15, 0.2) is 0 Å². The fraction of sp³-hybridized carbons (Fsp3) is 0.846. The molecule has 1 amide bonds. The monoisotopic (exact) mass is 320 g/mol. The summed E-state index contributed by atoms with van der Waals surface area (Å²) in [7, 11) is -3.41. The molecule has 1 N–H and O–H groups in total. The lowest BCUT2D eigenvalue weighted by Gasteiger charge is -2.33. The van der Waals surface area contributed by atoms with Crippen molar-refractivity contribution in [2.24, 2.45) is 5.92 Å². The summed E-state index contributed by atoms with van der Waals surface area (Å²) in [5.74, 6) is -1.67. The van der Waals surface area contributed by atoms with Gasteiger partial charge in [0.1, 0.15) is 12.6 Å². The molecule has 1 fully saturated rings. The van der Waals surface area contributed by atoms with Crippen LogP contribution < -0.4 is 0 Å². The minimum atomic E-state index is -3.41. The van der Waals surface area contributed by atoms with Crippen LogP contribution in [0.25, 0.3) is 0 Å². The summed E-state index contributed by atoms with van der Waals surface area (Å²) < 4.78 is 25.3. The first-order chi connectivity index (χ1) is 9.70. The standard InChI is InChI=1S/C13H24N2O5S/c1-4-6-14(9-11(16)17)13(18)12(10(2)3)15-7-5-8-21(15,19)20/h10,12H,4-9H2,1-3H3,(H,16,17). The summed E-state index contributed by atoms with van der Waals surface area (Å²) in [4.78, 5) is 24.8. The van der Waals surface area contributed by atoms with Gasteiger partial charge in [0.25, 0.3) is 0 Å². The van der Waals surface area contributed by atoms with E-state index in [0.29, 0.717) is 25.9 Å². The molecule has 1 aliphatic heterocycles. The molecule has 0 aromatic rings. The van der Waals surface area contributed by atoms with Crippen LogP contribution in [0.4, 0.5) is 0 Å². The lowest BCUT2D eigenvalue weighted by Crippen LogP contribution is -2.53. The molecule has 0 aliphatic carbocycles. The van der Waals surface area contributed by atoms with E-state index in [2.05, 4.69) is 0 Å². The summed E-state index contributed by atoms with van der Waals surface area (Å²) in [6, 6.07) is -0.816. The number of nitrogens with zero attached hydrogens (tertiary/aromatic N) is 2. The van der Waals surface area contributed by atoms with Crippen LogP contribution in [-0.4, -0.2) is 66.0 Å². The van der Waals surface area contributed by atoms with Crippen LogP contribution in [-0.2, 0) is 19.6 Å². The van der Waals surface area contributed by atoms with Crippen molar-refractivity contribution in [1.82, 2.24) is 9.21 Å². The Morgan fingerprint density at radius 2 is 1.95 bits per heavy atom. The van der Waals surface area contributed by atoms with E-state index in [0.717, 1.165) is 0 Å². The molecule has 0 aromatic heterocycles. The Kier molecular flexibility index (Phi) is 6.15. The summed E-state index contributed by atoms with van der Waals surface area (Å²) in [5.41, 5.74) is 0. The minimum absolute atomic E-state index is 0.0518. The Hall–Kier alpha value is -1.15. The van der Waals surface area contributed by atoms with Crippen molar-refractivity contribution in [2.75, 3.05) is 25.4 Å². The van der Waals surface area contributed by atoms with Crippen molar-refractivity contribution in [3.8, 4) is 0 Å². The average molecular weight is 320 g/mol. The number of rotatable bonds is 7. The number of carboxylic acid groups (broad SMARTS) is 1. The van der Waals surface area contributed by atoms with Crippen molar-refractivity contribution < 1.29 is 23.1 Å². The molecule has 0 saturated carbocycles. The van der Waals surface area contributed by atoms with Gasteiger partial charge < -0.3 is 10.0 Å². The molecule has 7 nitrogen and oxygen atoms in total. The highest BCUT2D eigenvalue weighted by Crippen LogP contribution is 2.23. The number of carbonyl (C=O) groups is 2. The molecule has 1 aliphatic rings. The van der Waals surface area contributed by atoms with Crippen molar-refractivity contribution in [1.29, 1.82) is 0 Å². The molecule has 122 valence electrons. The van der Waals surface area contributed by atoms with E-state index >= 15 is 0 Å². The number of carboxylic acids is 1. The van der Waals surface area contributed by atoms with Gasteiger partial charge >= 0.3 is 5.97 Å². The van der Waals surface area contributed by atoms with E-state index < -0.39 is 34.5 Å². The van der Waals surface area contributed by atoms with Gasteiger partial charge in [-0.15, -0.1) is 0 Å². The molecular formula is C13H24N2O5S. The Bertz CT molecular complexity index is 489. The maximum Gasteiger partial charge on any atom is 0.323 e. The second kappa shape index (κ2) is 7.22. The second-order valence-electron chi connectivity index (χ2n) is 5.62. The molecule has 0 aromatic carbocycles. The molecule has 1 unspecified atom stereocenters. The Morgan fingerprint density at radius 1 is 1.33 bits per heavy atom. The maximum atomic E-state index is 12.6. The average Bonchev–Trinajstić information content (AvgIpc) is 2.68. The summed E-state index contributed by atoms with van der Waals surface area (Å²) in [6.45, 7) is 5.64. The Morgan fingerprint density at radius 3 is 2.33 bits per heavy atom. The van der Waals surface area contributed by atoms with Gasteiger partial charge in [0.05, 0.1) is 5.75 Å². The quantitative estimate of drug-likeness (QED) is 0.731. The van der Waals surface area contributed by atoms with E-state index in [1.165, 1.54) is 9.21 Å². The van der Waals surface area contributed by atoms with Gasteiger partial charge in [-0.2, -0.15) is 4.31 Å². The molecule has 21 heavy (non-hydrogen) atoms. The predicted octanol–water partition coefficient (Wildman–Crippen LogP) is 0.370. The lowest BCUT2D eigenvalue weighted by atomic mass is 10.0. The summed E-state index contributed by atoms with van der Waals surface area (Å²) in [6.07, 6.45) is 1.13. The van der Waals surface area contributed by atoms with Gasteiger partial charge in [0.2, 0.25) is 15.9 Å². The van der Waals surface area contributed by atoms with Crippen LogP contribution in [0.1, 0.15) is 33.6 Å². The van der Waals surface area contributed by atoms with Crippen LogP contribution in [0, 0.1) is 5.92 Å². The number of amides is 1. The van der Waals surface area contributed by atoms with Gasteiger partial charge in [-0.25, -0.2) is 8.42 Å². The SMILES string of the molecule is CCCN(CC(=O)O)C(=O)C(C(C)C)N1CCCS1(=O)=O. The zero-order valence-electron chi connectivity index (χ0n) is 12.8. The number of hydrogen-bond donors (Lipinski definition) is 1. The van der Waals surface area contributed by atoms with Crippen LogP contribution >= 0.6 is 0 Å². The van der Waals surface area contributed by atoms with E-state index in [9.17, 15) is 18.0 Å². The van der Waals surface area contributed by atoms with Crippen LogP contribution in [0.5, 0.6) is 0 Å². The van der Waals surface area contributed by atoms with E-state index in [1.54, 1.807) is 13.8 Å². The molecule has 1 heterocycles. The molecule has 1 saturated heterocycles. The molecule has 8 heteroatoms. The van der Waals surface area contributed by atoms with Crippen molar-refractivity contribution in [2.45, 2.75) is 39.7 Å². The summed E-state index contributed by atoms with van der Waals surface area (Å²) in [5, 5.41) is 8.92. The third-order valence-electron chi connectivity index (χ3n) is 3.46. The molecule has 1 rings (SSSR count). The number of carbonyl (C=O) groups excluding carboxylic acids is 1. The largest absolute Gasteiger partial charge is 0.480 e. The Balaban J connectivity index is 3.03. The normalized spacial score (nSPS) is 19.6. The molecule has 1 atom stereocenters. The molecule has 0 radical (unpaired) electrons. The number of aliphatic carboxylic acids is 1. The van der Waals surface area contributed by atoms with Gasteiger partial charge in [-0.3, -0.25) is 9.59 Å². The minimum Gasteiger partial charge on any atom is -0.480 e. The van der Waals surface area contributed by atoms with E-state index in [-0.39, 0.29) is 11.7 Å². The topological polar surface area (TPSA) is 95.0 Å². The zero-order chi connectivity index (χ0) is 16.2. The van der Waals surface area contributed by atoms with Crippen LogP contribution in [0.3, 0.4) is 0 Å². The number of hydrogen-bond acceptors (Lipinski definition) is 4. The van der Waals surface area contributed by atoms with Crippen molar-refractivity contribution >= 4 is 21.9 Å². The van der Waals surface area contributed by atoms with Crippen LogP contribution in [0.2, 0.25) is 0 Å². The summed E-state index contributed by atoms with van der Waals surface area (Å²) >= 11 is 0. The third-order valence-corrected chi connectivity index (χ3v) is 5.39. The fourth-order valence-electron chi connectivity index (χ4n) is 2.60. The first-order valence-electron chi connectivity index (χ1n) is 7.20. The predicted molar refractivity (Wildman–Crippen MR) is 78.2 cm³/mol. The second-order valence-corrected chi connectivity index (χ2v) is 7.66. The zero-order valence-corrected chi connectivity index (χ0v) is 13.6. The number of sulfonamides is 1. The fourth-order valence-corrected chi connectivity index (χ4v) is 4.41. The van der Waals surface area contributed by atoms with Crippen molar-refractivity contribution in [3.63, 3.8) is 0 Å². The third kappa shape index (κ3) is 4.41. The smallest absolute Gasteiger partial charge is 0.323 e. The van der Waals surface area contributed by atoms with Crippen LogP contribution in [0.15, 0.2) is 0 Å². The van der Waals surface area contributed by atoms with E-state index in [4.69, 9.17) is 5.11 Å². The highest BCUT2D eigenvalue weighted by Gasteiger charge is 2.41. The molecule has 0 bridgehead atoms. The van der Waals surface area contributed by atoms with Gasteiger partial charge in [-0.05, 0) is 18.8 Å². The van der Waals surface area contributed by atoms with Crippen molar-refractivity contribution in [3.05, 3.63) is 0 Å². The Labute approximate surface area is 126 Å².